The van der Waals surface area contributed by atoms with E-state index < -0.39 is 28.5 Å². The van der Waals surface area contributed by atoms with Crippen LogP contribution in [0.1, 0.15) is 44.6 Å². The number of carbonyl (C=O) groups is 2. The van der Waals surface area contributed by atoms with Crippen LogP contribution < -0.4 is 19.1 Å². The van der Waals surface area contributed by atoms with Gasteiger partial charge in [-0.3, -0.25) is 13.9 Å². The van der Waals surface area contributed by atoms with Gasteiger partial charge in [-0.05, 0) is 85.5 Å². The van der Waals surface area contributed by atoms with Gasteiger partial charge in [0.25, 0.3) is 10.0 Å². The highest BCUT2D eigenvalue weighted by atomic mass is 35.5. The minimum atomic E-state index is -4.21. The highest BCUT2D eigenvalue weighted by molar-refractivity contribution is 7.92. The van der Waals surface area contributed by atoms with E-state index in [-0.39, 0.29) is 29.1 Å². The number of amides is 2. The first-order valence-electron chi connectivity index (χ1n) is 14.3. The summed E-state index contributed by atoms with van der Waals surface area (Å²) >= 11 is 6.11. The number of nitrogens with zero attached hydrogens (tertiary/aromatic N) is 2. The van der Waals surface area contributed by atoms with Crippen molar-refractivity contribution < 1.29 is 27.5 Å². The van der Waals surface area contributed by atoms with Gasteiger partial charge in [0.1, 0.15) is 24.1 Å². The number of benzene rings is 3. The summed E-state index contributed by atoms with van der Waals surface area (Å²) in [6.07, 6.45) is 4.24. The summed E-state index contributed by atoms with van der Waals surface area (Å²) in [6, 6.07) is 18.7. The predicted octanol–water partition coefficient (Wildman–Crippen LogP) is 5.42. The van der Waals surface area contributed by atoms with Crippen LogP contribution in [0.25, 0.3) is 0 Å². The lowest BCUT2D eigenvalue weighted by atomic mass is 10.1. The van der Waals surface area contributed by atoms with Crippen LogP contribution in [0.2, 0.25) is 5.02 Å². The maximum atomic E-state index is 14.2. The average molecular weight is 628 g/mol. The van der Waals surface area contributed by atoms with Crippen molar-refractivity contribution in [3.05, 3.63) is 83.4 Å². The van der Waals surface area contributed by atoms with E-state index >= 15 is 0 Å². The van der Waals surface area contributed by atoms with Crippen molar-refractivity contribution in [1.29, 1.82) is 0 Å². The first-order valence-corrected chi connectivity index (χ1v) is 16.1. The molecule has 1 aliphatic rings. The lowest BCUT2D eigenvalue weighted by molar-refractivity contribution is -0.140. The number of hydrogen-bond acceptors (Lipinski definition) is 6. The number of nitrogens with one attached hydrogen (secondary N) is 1. The molecule has 3 aromatic rings. The van der Waals surface area contributed by atoms with E-state index in [2.05, 4.69) is 5.32 Å². The van der Waals surface area contributed by atoms with Gasteiger partial charge in [0.15, 0.2) is 0 Å². The molecule has 230 valence electrons. The van der Waals surface area contributed by atoms with E-state index in [0.717, 1.165) is 35.6 Å². The molecule has 1 N–H and O–H groups in total. The van der Waals surface area contributed by atoms with E-state index in [9.17, 15) is 18.0 Å². The van der Waals surface area contributed by atoms with Gasteiger partial charge in [-0.2, -0.15) is 0 Å². The minimum absolute atomic E-state index is 0.0126. The molecule has 43 heavy (non-hydrogen) atoms. The Morgan fingerprint density at radius 3 is 2.21 bits per heavy atom. The molecule has 2 amide bonds. The van der Waals surface area contributed by atoms with Crippen molar-refractivity contribution in [3.8, 4) is 11.5 Å². The summed E-state index contributed by atoms with van der Waals surface area (Å²) in [6.45, 7) is 1.40. The molecule has 4 rings (SSSR count). The van der Waals surface area contributed by atoms with Gasteiger partial charge in [0, 0.05) is 17.6 Å². The van der Waals surface area contributed by atoms with E-state index in [1.165, 1.54) is 24.1 Å². The fraction of sp³-hybridized carbons (Fsp3) is 0.375. The lowest BCUT2D eigenvalue weighted by Gasteiger charge is -2.34. The summed E-state index contributed by atoms with van der Waals surface area (Å²) < 4.78 is 39.6. The number of hydrogen-bond donors (Lipinski definition) is 1. The average Bonchev–Trinajstić information content (AvgIpc) is 3.53. The summed E-state index contributed by atoms with van der Waals surface area (Å²) in [7, 11) is -1.16. The number of methoxy groups -OCH3 is 2. The Kier molecular flexibility index (Phi) is 10.9. The largest absolute Gasteiger partial charge is 0.497 e. The molecule has 0 saturated heterocycles. The van der Waals surface area contributed by atoms with Crippen molar-refractivity contribution in [1.82, 2.24) is 10.2 Å². The maximum Gasteiger partial charge on any atom is 0.264 e. The SMILES string of the molecule is CCC(C(=O)NC1CCCC1)N(Cc1cccc(OC)c1)C(=O)CN(c1ccc(Cl)cc1)S(=O)(=O)c1ccc(OC)cc1. The molecule has 1 saturated carbocycles. The molecule has 0 heterocycles. The molecule has 1 atom stereocenters. The normalized spacial score (nSPS) is 14.1. The van der Waals surface area contributed by atoms with Gasteiger partial charge >= 0.3 is 0 Å². The molecule has 1 aliphatic carbocycles. The fourth-order valence-electron chi connectivity index (χ4n) is 5.27. The molecule has 1 unspecified atom stereocenters. The van der Waals surface area contributed by atoms with Crippen molar-refractivity contribution in [2.24, 2.45) is 0 Å². The molecule has 0 radical (unpaired) electrons. The Hall–Kier alpha value is -3.76. The van der Waals surface area contributed by atoms with Crippen LogP contribution in [0.5, 0.6) is 11.5 Å². The predicted molar refractivity (Wildman–Crippen MR) is 167 cm³/mol. The molecule has 0 aliphatic heterocycles. The van der Waals surface area contributed by atoms with Crippen LogP contribution in [0, 0.1) is 0 Å². The second kappa shape index (κ2) is 14.6. The Bertz CT molecular complexity index is 1490. The van der Waals surface area contributed by atoms with Crippen molar-refractivity contribution in [2.75, 3.05) is 25.1 Å². The topological polar surface area (TPSA) is 105 Å². The second-order valence-electron chi connectivity index (χ2n) is 10.5. The summed E-state index contributed by atoms with van der Waals surface area (Å²) in [5, 5.41) is 3.54. The fourth-order valence-corrected chi connectivity index (χ4v) is 6.81. The number of halogens is 1. The molecule has 9 nitrogen and oxygen atoms in total. The van der Waals surface area contributed by atoms with E-state index in [4.69, 9.17) is 21.1 Å². The number of carbonyl (C=O) groups excluding carboxylic acids is 2. The standard InChI is InChI=1S/C32H38ClN3O6S/c1-4-30(32(38)34-25-9-5-6-10-25)35(21-23-8-7-11-28(20-23)42-3)31(37)22-36(26-14-12-24(33)13-15-26)43(39,40)29-18-16-27(41-2)17-19-29/h7-8,11-20,25,30H,4-6,9-10,21-22H2,1-3H3,(H,34,38). The van der Waals surface area contributed by atoms with Gasteiger partial charge < -0.3 is 19.7 Å². The van der Waals surface area contributed by atoms with E-state index in [0.29, 0.717) is 22.9 Å². The van der Waals surface area contributed by atoms with Gasteiger partial charge in [-0.1, -0.05) is 43.5 Å². The van der Waals surface area contributed by atoms with Crippen molar-refractivity contribution >= 4 is 39.1 Å². The highest BCUT2D eigenvalue weighted by Gasteiger charge is 2.34. The third kappa shape index (κ3) is 8.00. The first kappa shape index (κ1) is 32.2. The van der Waals surface area contributed by atoms with Crippen LogP contribution in [0.3, 0.4) is 0 Å². The highest BCUT2D eigenvalue weighted by Crippen LogP contribution is 2.28. The summed E-state index contributed by atoms with van der Waals surface area (Å²) in [5.74, 6) is 0.333. The molecule has 0 spiro atoms. The zero-order valence-electron chi connectivity index (χ0n) is 24.7. The van der Waals surface area contributed by atoms with Gasteiger partial charge in [-0.25, -0.2) is 8.42 Å². The first-order chi connectivity index (χ1) is 20.7. The Labute approximate surface area is 258 Å². The van der Waals surface area contributed by atoms with Crippen molar-refractivity contribution in [2.45, 2.75) is 62.6 Å². The van der Waals surface area contributed by atoms with Crippen LogP contribution >= 0.6 is 11.6 Å². The summed E-state index contributed by atoms with van der Waals surface area (Å²) in [5.41, 5.74) is 1.01. The monoisotopic (exact) mass is 627 g/mol. The third-order valence-corrected chi connectivity index (χ3v) is 9.66. The molecule has 1 fully saturated rings. The zero-order chi connectivity index (χ0) is 31.0. The molecular weight excluding hydrogens is 590 g/mol. The maximum absolute atomic E-state index is 14.2. The van der Waals surface area contributed by atoms with Gasteiger partial charge in [-0.15, -0.1) is 0 Å². The second-order valence-corrected chi connectivity index (χ2v) is 12.7. The quantitative estimate of drug-likeness (QED) is 0.271. The molecule has 11 heteroatoms. The lowest BCUT2D eigenvalue weighted by Crippen LogP contribution is -2.53. The van der Waals surface area contributed by atoms with E-state index in [1.54, 1.807) is 55.6 Å². The molecular formula is C32H38ClN3O6S. The summed E-state index contributed by atoms with van der Waals surface area (Å²) in [4.78, 5) is 29.3. The number of anilines is 1. The Morgan fingerprint density at radius 2 is 1.60 bits per heavy atom. The van der Waals surface area contributed by atoms with Gasteiger partial charge in [0.2, 0.25) is 11.8 Å². The van der Waals surface area contributed by atoms with Crippen molar-refractivity contribution in [3.63, 3.8) is 0 Å². The molecule has 0 bridgehead atoms. The van der Waals surface area contributed by atoms with Crippen LogP contribution in [-0.2, 0) is 26.2 Å². The number of sulfonamides is 1. The number of ether oxygens (including phenoxy) is 2. The Balaban J connectivity index is 1.71. The van der Waals surface area contributed by atoms with Crippen LogP contribution in [0.4, 0.5) is 5.69 Å². The van der Waals surface area contributed by atoms with Gasteiger partial charge in [0.05, 0.1) is 24.8 Å². The Morgan fingerprint density at radius 1 is 0.953 bits per heavy atom. The third-order valence-electron chi connectivity index (χ3n) is 7.62. The van der Waals surface area contributed by atoms with E-state index in [1.807, 2.05) is 19.1 Å². The van der Waals surface area contributed by atoms with Crippen LogP contribution in [-0.4, -0.2) is 58.0 Å². The van der Waals surface area contributed by atoms with Crippen LogP contribution in [0.15, 0.2) is 77.7 Å². The minimum Gasteiger partial charge on any atom is -0.497 e. The molecule has 0 aromatic heterocycles. The smallest absolute Gasteiger partial charge is 0.264 e. The molecule has 3 aromatic carbocycles. The number of rotatable bonds is 13. The zero-order valence-corrected chi connectivity index (χ0v) is 26.2.